The van der Waals surface area contributed by atoms with E-state index in [9.17, 15) is 0 Å². The molecule has 0 atom stereocenters. The van der Waals surface area contributed by atoms with Crippen LogP contribution in [-0.2, 0) is 24.7 Å². The Balaban J connectivity index is 0.000000720. The van der Waals surface area contributed by atoms with Gasteiger partial charge < -0.3 is 0 Å². The third-order valence-corrected chi connectivity index (χ3v) is 3.97. The first-order valence-electron chi connectivity index (χ1n) is 4.49. The van der Waals surface area contributed by atoms with Crippen LogP contribution in [0.15, 0.2) is 21.0 Å². The van der Waals surface area contributed by atoms with Crippen molar-refractivity contribution in [3.8, 4) is 0 Å². The minimum absolute atomic E-state index is 0. The molecule has 0 heterocycles. The summed E-state index contributed by atoms with van der Waals surface area (Å²) in [7, 11) is 0. The average Bonchev–Trinajstić information content (AvgIpc) is 2.55. The Morgan fingerprint density at radius 3 is 2.23 bits per heavy atom. The first kappa shape index (κ1) is 14.8. The first-order chi connectivity index (χ1) is 5.38. The van der Waals surface area contributed by atoms with Crippen molar-refractivity contribution in [2.75, 3.05) is 0 Å². The van der Waals surface area contributed by atoms with Crippen LogP contribution in [0.4, 0.5) is 0 Å². The van der Waals surface area contributed by atoms with E-state index >= 15 is 0 Å². The standard InChI is InChI=1S/C10H13.2HI.Zr/c1-2-6-9(5-1)10-7-3-4-8-10;;;/h1,5,10H,2-4,7-8H2;2*1H;. The third kappa shape index (κ3) is 3.71. The summed E-state index contributed by atoms with van der Waals surface area (Å²) in [4.78, 5) is 0. The minimum atomic E-state index is 0. The molecular formula is C10H15I2Zr. The SMILES string of the molecule is I.I.[Zr][C]1=C(C2CCCC2)C=CC1. The molecule has 2 rings (SSSR count). The van der Waals surface area contributed by atoms with E-state index in [0.29, 0.717) is 0 Å². The monoisotopic (exact) mass is 479 g/mol. The van der Waals surface area contributed by atoms with E-state index in [4.69, 9.17) is 0 Å². The number of hydrogen-bond donors (Lipinski definition) is 0. The van der Waals surface area contributed by atoms with Crippen LogP contribution in [0.1, 0.15) is 32.1 Å². The average molecular weight is 480 g/mol. The van der Waals surface area contributed by atoms with Gasteiger partial charge in [-0.2, -0.15) is 0 Å². The molecule has 0 nitrogen and oxygen atoms in total. The number of rotatable bonds is 1. The molecule has 2 aliphatic carbocycles. The zero-order chi connectivity index (χ0) is 7.68. The molecule has 73 valence electrons. The Labute approximate surface area is 130 Å². The fourth-order valence-electron chi connectivity index (χ4n) is 2.14. The molecule has 0 unspecified atom stereocenters. The van der Waals surface area contributed by atoms with Crippen molar-refractivity contribution in [2.45, 2.75) is 32.1 Å². The number of allylic oxidation sites excluding steroid dienone is 4. The summed E-state index contributed by atoms with van der Waals surface area (Å²) in [5.41, 5.74) is 1.71. The van der Waals surface area contributed by atoms with E-state index in [1.165, 1.54) is 32.1 Å². The summed E-state index contributed by atoms with van der Waals surface area (Å²) < 4.78 is 1.71. The molecule has 13 heavy (non-hydrogen) atoms. The molecule has 0 aromatic rings. The molecule has 0 aliphatic heterocycles. The molecule has 0 radical (unpaired) electrons. The van der Waals surface area contributed by atoms with Crippen molar-refractivity contribution >= 4 is 48.0 Å². The van der Waals surface area contributed by atoms with Gasteiger partial charge in [0, 0.05) is 0 Å². The van der Waals surface area contributed by atoms with E-state index in [-0.39, 0.29) is 48.0 Å². The zero-order valence-electron chi connectivity index (χ0n) is 7.58. The van der Waals surface area contributed by atoms with Crippen LogP contribution in [-0.4, -0.2) is 0 Å². The van der Waals surface area contributed by atoms with Gasteiger partial charge in [0.05, 0.1) is 0 Å². The summed E-state index contributed by atoms with van der Waals surface area (Å²) in [6.07, 6.45) is 11.8. The van der Waals surface area contributed by atoms with Crippen LogP contribution in [0.25, 0.3) is 0 Å². The second-order valence-electron chi connectivity index (χ2n) is 3.52. The summed E-state index contributed by atoms with van der Waals surface area (Å²) >= 11 is 1.64. The van der Waals surface area contributed by atoms with Crippen LogP contribution in [0.2, 0.25) is 0 Å². The number of halogens is 2. The predicted molar refractivity (Wildman–Crippen MR) is 73.6 cm³/mol. The van der Waals surface area contributed by atoms with Crippen molar-refractivity contribution in [3.05, 3.63) is 21.0 Å². The summed E-state index contributed by atoms with van der Waals surface area (Å²) in [5, 5.41) is 0. The van der Waals surface area contributed by atoms with E-state index in [0.717, 1.165) is 5.92 Å². The fraction of sp³-hybridized carbons (Fsp3) is 0.600. The van der Waals surface area contributed by atoms with Gasteiger partial charge in [-0.1, -0.05) is 0 Å². The third-order valence-electron chi connectivity index (χ3n) is 2.76. The summed E-state index contributed by atoms with van der Waals surface area (Å²) in [5.74, 6) is 0.947. The second kappa shape index (κ2) is 7.16. The summed E-state index contributed by atoms with van der Waals surface area (Å²) in [6, 6.07) is 0. The van der Waals surface area contributed by atoms with Gasteiger partial charge in [-0.25, -0.2) is 0 Å². The van der Waals surface area contributed by atoms with Gasteiger partial charge in [0.25, 0.3) is 0 Å². The van der Waals surface area contributed by atoms with Gasteiger partial charge in [-0.05, 0) is 0 Å². The molecular weight excluding hydrogens is 465 g/mol. The van der Waals surface area contributed by atoms with E-state index in [1.807, 2.05) is 0 Å². The molecule has 0 bridgehead atoms. The maximum absolute atomic E-state index is 2.38. The van der Waals surface area contributed by atoms with Crippen LogP contribution >= 0.6 is 48.0 Å². The van der Waals surface area contributed by atoms with E-state index in [2.05, 4.69) is 12.2 Å². The first-order valence-corrected chi connectivity index (χ1v) is 5.72. The molecule has 1 saturated carbocycles. The van der Waals surface area contributed by atoms with Crippen LogP contribution in [0.5, 0.6) is 0 Å². The molecule has 2 aliphatic rings. The van der Waals surface area contributed by atoms with Crippen molar-refractivity contribution < 1.29 is 24.7 Å². The van der Waals surface area contributed by atoms with Gasteiger partial charge in [0.1, 0.15) is 0 Å². The Kier molecular flexibility index (Phi) is 8.16. The number of hydrogen-bond acceptors (Lipinski definition) is 0. The molecule has 0 amide bonds. The molecule has 0 N–H and O–H groups in total. The Hall–Kier alpha value is 1.82. The molecule has 0 aromatic carbocycles. The Morgan fingerprint density at radius 2 is 1.77 bits per heavy atom. The van der Waals surface area contributed by atoms with Gasteiger partial charge in [0.2, 0.25) is 0 Å². The van der Waals surface area contributed by atoms with Crippen molar-refractivity contribution in [1.29, 1.82) is 0 Å². The van der Waals surface area contributed by atoms with Crippen LogP contribution < -0.4 is 0 Å². The quantitative estimate of drug-likeness (QED) is 0.495. The summed E-state index contributed by atoms with van der Waals surface area (Å²) in [6.45, 7) is 0. The van der Waals surface area contributed by atoms with Crippen molar-refractivity contribution in [3.63, 3.8) is 0 Å². The predicted octanol–water partition coefficient (Wildman–Crippen LogP) is 4.17. The normalized spacial score (nSPS) is 21.5. The van der Waals surface area contributed by atoms with Gasteiger partial charge in [0.15, 0.2) is 0 Å². The van der Waals surface area contributed by atoms with Gasteiger partial charge in [-0.3, -0.25) is 0 Å². The molecule has 0 saturated heterocycles. The van der Waals surface area contributed by atoms with Gasteiger partial charge >= 0.3 is 83.7 Å². The zero-order valence-corrected chi connectivity index (χ0v) is 14.7. The molecule has 0 spiro atoms. The van der Waals surface area contributed by atoms with Crippen molar-refractivity contribution in [2.24, 2.45) is 5.92 Å². The second-order valence-corrected chi connectivity index (χ2v) is 5.01. The molecule has 0 aromatic heterocycles. The van der Waals surface area contributed by atoms with E-state index in [1.54, 1.807) is 33.6 Å². The Bertz CT molecular complexity index is 215. The van der Waals surface area contributed by atoms with Crippen LogP contribution in [0, 0.1) is 5.92 Å². The van der Waals surface area contributed by atoms with Crippen LogP contribution in [0.3, 0.4) is 0 Å². The molecule has 3 heteroatoms. The van der Waals surface area contributed by atoms with Crippen molar-refractivity contribution in [1.82, 2.24) is 0 Å². The Morgan fingerprint density at radius 1 is 1.15 bits per heavy atom. The fourth-order valence-corrected chi connectivity index (χ4v) is 3.14. The van der Waals surface area contributed by atoms with Gasteiger partial charge in [-0.15, -0.1) is 48.0 Å². The van der Waals surface area contributed by atoms with E-state index < -0.39 is 0 Å². The molecule has 1 fully saturated rings. The topological polar surface area (TPSA) is 0 Å². The maximum atomic E-state index is 2.38.